The standard InChI is InChI=1S/C23H26FN3O2/c24-21-11-5-4-10-20(21)17-22(28)25-18-23(29)27-15-13-26(14-16-27)12-6-9-19-7-2-1-3-8-19/h1-11H,12-18H2,(H,25,28)/b9-6+. The van der Waals surface area contributed by atoms with Crippen molar-refractivity contribution in [2.45, 2.75) is 6.42 Å². The van der Waals surface area contributed by atoms with Crippen LogP contribution in [0.4, 0.5) is 4.39 Å². The summed E-state index contributed by atoms with van der Waals surface area (Å²) in [6.45, 7) is 3.67. The Bertz CT molecular complexity index is 846. The first-order chi connectivity index (χ1) is 14.1. The van der Waals surface area contributed by atoms with E-state index in [2.05, 4.69) is 34.5 Å². The van der Waals surface area contributed by atoms with Crippen LogP contribution in [0.15, 0.2) is 60.7 Å². The summed E-state index contributed by atoms with van der Waals surface area (Å²) in [5.41, 5.74) is 1.50. The topological polar surface area (TPSA) is 52.7 Å². The van der Waals surface area contributed by atoms with E-state index in [1.54, 1.807) is 23.1 Å². The van der Waals surface area contributed by atoms with Crippen molar-refractivity contribution in [2.75, 3.05) is 39.3 Å². The van der Waals surface area contributed by atoms with Crippen LogP contribution in [0.5, 0.6) is 0 Å². The molecule has 0 saturated carbocycles. The molecule has 0 aromatic heterocycles. The first-order valence-corrected chi connectivity index (χ1v) is 9.83. The van der Waals surface area contributed by atoms with Crippen LogP contribution in [0.25, 0.3) is 6.08 Å². The van der Waals surface area contributed by atoms with Crippen LogP contribution in [-0.4, -0.2) is 60.9 Å². The molecule has 29 heavy (non-hydrogen) atoms. The molecule has 0 unspecified atom stereocenters. The number of hydrogen-bond acceptors (Lipinski definition) is 3. The smallest absolute Gasteiger partial charge is 0.242 e. The number of piperazine rings is 1. The van der Waals surface area contributed by atoms with Gasteiger partial charge in [-0.15, -0.1) is 0 Å². The van der Waals surface area contributed by atoms with Crippen LogP contribution >= 0.6 is 0 Å². The van der Waals surface area contributed by atoms with E-state index in [0.717, 1.165) is 19.6 Å². The average Bonchev–Trinajstić information content (AvgIpc) is 2.75. The molecule has 5 nitrogen and oxygen atoms in total. The van der Waals surface area contributed by atoms with Crippen LogP contribution in [-0.2, 0) is 16.0 Å². The van der Waals surface area contributed by atoms with E-state index >= 15 is 0 Å². The van der Waals surface area contributed by atoms with Gasteiger partial charge in [0.15, 0.2) is 0 Å². The maximum absolute atomic E-state index is 13.6. The van der Waals surface area contributed by atoms with Gasteiger partial charge in [-0.3, -0.25) is 14.5 Å². The fourth-order valence-corrected chi connectivity index (χ4v) is 3.25. The van der Waals surface area contributed by atoms with Crippen molar-refractivity contribution in [3.63, 3.8) is 0 Å². The number of carbonyl (C=O) groups is 2. The predicted molar refractivity (Wildman–Crippen MR) is 112 cm³/mol. The summed E-state index contributed by atoms with van der Waals surface area (Å²) in [7, 11) is 0. The van der Waals surface area contributed by atoms with Gasteiger partial charge in [-0.25, -0.2) is 4.39 Å². The van der Waals surface area contributed by atoms with E-state index in [1.165, 1.54) is 11.6 Å². The number of amides is 2. The zero-order valence-electron chi connectivity index (χ0n) is 16.4. The molecular formula is C23H26FN3O2. The van der Waals surface area contributed by atoms with E-state index < -0.39 is 5.82 Å². The zero-order valence-corrected chi connectivity index (χ0v) is 16.4. The first-order valence-electron chi connectivity index (χ1n) is 9.83. The fraction of sp³-hybridized carbons (Fsp3) is 0.304. The summed E-state index contributed by atoms with van der Waals surface area (Å²) in [5, 5.41) is 2.60. The van der Waals surface area contributed by atoms with Crippen molar-refractivity contribution in [2.24, 2.45) is 0 Å². The SMILES string of the molecule is O=C(Cc1ccccc1F)NCC(=O)N1CCN(C/C=C/c2ccccc2)CC1. The lowest BCUT2D eigenvalue weighted by Gasteiger charge is -2.34. The molecule has 0 spiro atoms. The Morgan fingerprint density at radius 3 is 2.38 bits per heavy atom. The molecule has 0 radical (unpaired) electrons. The van der Waals surface area contributed by atoms with Crippen LogP contribution < -0.4 is 5.32 Å². The number of carbonyl (C=O) groups excluding carboxylic acids is 2. The van der Waals surface area contributed by atoms with E-state index in [0.29, 0.717) is 18.7 Å². The van der Waals surface area contributed by atoms with Crippen LogP contribution in [0, 0.1) is 5.82 Å². The van der Waals surface area contributed by atoms with Gasteiger partial charge < -0.3 is 10.2 Å². The molecule has 0 bridgehead atoms. The highest BCUT2D eigenvalue weighted by molar-refractivity contribution is 5.85. The van der Waals surface area contributed by atoms with Crippen molar-refractivity contribution >= 4 is 17.9 Å². The Morgan fingerprint density at radius 2 is 1.66 bits per heavy atom. The zero-order chi connectivity index (χ0) is 20.5. The molecule has 1 fully saturated rings. The van der Waals surface area contributed by atoms with E-state index in [9.17, 15) is 14.0 Å². The number of nitrogens with one attached hydrogen (secondary N) is 1. The summed E-state index contributed by atoms with van der Waals surface area (Å²) in [6, 6.07) is 16.3. The second-order valence-electron chi connectivity index (χ2n) is 7.04. The van der Waals surface area contributed by atoms with Gasteiger partial charge in [0, 0.05) is 32.7 Å². The molecule has 3 rings (SSSR count). The number of rotatable bonds is 7. The number of nitrogens with zero attached hydrogens (tertiary/aromatic N) is 2. The minimum atomic E-state index is -0.411. The summed E-state index contributed by atoms with van der Waals surface area (Å²) in [6.07, 6.45) is 4.17. The second-order valence-corrected chi connectivity index (χ2v) is 7.04. The van der Waals surface area contributed by atoms with Crippen LogP contribution in [0.2, 0.25) is 0 Å². The monoisotopic (exact) mass is 395 g/mol. The minimum Gasteiger partial charge on any atom is -0.347 e. The third-order valence-electron chi connectivity index (χ3n) is 4.94. The van der Waals surface area contributed by atoms with Crippen LogP contribution in [0.1, 0.15) is 11.1 Å². The lowest BCUT2D eigenvalue weighted by Crippen LogP contribution is -2.51. The molecule has 1 saturated heterocycles. The highest BCUT2D eigenvalue weighted by atomic mass is 19.1. The molecule has 0 atom stereocenters. The highest BCUT2D eigenvalue weighted by Gasteiger charge is 2.20. The Kier molecular flexibility index (Phi) is 7.53. The molecular weight excluding hydrogens is 369 g/mol. The number of benzene rings is 2. The van der Waals surface area contributed by atoms with Gasteiger partial charge in [-0.2, -0.15) is 0 Å². The Labute approximate surface area is 170 Å². The van der Waals surface area contributed by atoms with Crippen molar-refractivity contribution in [1.82, 2.24) is 15.1 Å². The Hall–Kier alpha value is -2.99. The minimum absolute atomic E-state index is 0.0544. The molecule has 1 heterocycles. The van der Waals surface area contributed by atoms with Gasteiger partial charge in [0.25, 0.3) is 0 Å². The molecule has 1 aliphatic heterocycles. The largest absolute Gasteiger partial charge is 0.347 e. The molecule has 2 amide bonds. The third kappa shape index (κ3) is 6.54. The van der Waals surface area contributed by atoms with E-state index in [1.807, 2.05) is 18.2 Å². The number of hydrogen-bond donors (Lipinski definition) is 1. The molecule has 6 heteroatoms. The maximum atomic E-state index is 13.6. The van der Waals surface area contributed by atoms with Crippen molar-refractivity contribution < 1.29 is 14.0 Å². The fourth-order valence-electron chi connectivity index (χ4n) is 3.25. The van der Waals surface area contributed by atoms with Gasteiger partial charge in [-0.1, -0.05) is 60.7 Å². The van der Waals surface area contributed by atoms with Crippen molar-refractivity contribution in [1.29, 1.82) is 0 Å². The molecule has 2 aromatic carbocycles. The second kappa shape index (κ2) is 10.5. The van der Waals surface area contributed by atoms with Crippen LogP contribution in [0.3, 0.4) is 0 Å². The maximum Gasteiger partial charge on any atom is 0.242 e. The van der Waals surface area contributed by atoms with Crippen molar-refractivity contribution in [3.05, 3.63) is 77.6 Å². The Morgan fingerprint density at radius 1 is 0.966 bits per heavy atom. The van der Waals surface area contributed by atoms with Gasteiger partial charge in [0.2, 0.25) is 11.8 Å². The summed E-state index contributed by atoms with van der Waals surface area (Å²) in [5.74, 6) is -0.870. The van der Waals surface area contributed by atoms with Gasteiger partial charge in [0.1, 0.15) is 5.82 Å². The lowest BCUT2D eigenvalue weighted by molar-refractivity contribution is -0.134. The Balaban J connectivity index is 1.36. The average molecular weight is 395 g/mol. The molecule has 2 aromatic rings. The summed E-state index contributed by atoms with van der Waals surface area (Å²) >= 11 is 0. The number of halogens is 1. The summed E-state index contributed by atoms with van der Waals surface area (Å²) in [4.78, 5) is 28.4. The molecule has 152 valence electrons. The molecule has 1 aliphatic rings. The first kappa shape index (κ1) is 20.7. The van der Waals surface area contributed by atoms with Gasteiger partial charge in [-0.05, 0) is 17.2 Å². The van der Waals surface area contributed by atoms with Crippen molar-refractivity contribution in [3.8, 4) is 0 Å². The van der Waals surface area contributed by atoms with E-state index in [-0.39, 0.29) is 24.8 Å². The molecule has 1 N–H and O–H groups in total. The van der Waals surface area contributed by atoms with Gasteiger partial charge >= 0.3 is 0 Å². The highest BCUT2D eigenvalue weighted by Crippen LogP contribution is 2.07. The quantitative estimate of drug-likeness (QED) is 0.783. The molecule has 0 aliphatic carbocycles. The lowest BCUT2D eigenvalue weighted by atomic mass is 10.1. The van der Waals surface area contributed by atoms with Gasteiger partial charge in [0.05, 0.1) is 13.0 Å². The normalized spacial score (nSPS) is 14.9. The predicted octanol–water partition coefficient (Wildman–Crippen LogP) is 2.34. The summed E-state index contributed by atoms with van der Waals surface area (Å²) < 4.78 is 13.6. The third-order valence-corrected chi connectivity index (χ3v) is 4.94. The van der Waals surface area contributed by atoms with E-state index in [4.69, 9.17) is 0 Å².